The molecule has 2 aromatic carbocycles. The van der Waals surface area contributed by atoms with Crippen LogP contribution < -0.4 is 16.0 Å². The molecular weight excluding hydrogens is 352 g/mol. The van der Waals surface area contributed by atoms with Crippen LogP contribution in [0.4, 0.5) is 0 Å². The first-order valence-electron chi connectivity index (χ1n) is 9.58. The maximum Gasteiger partial charge on any atom is 0.251 e. The van der Waals surface area contributed by atoms with Gasteiger partial charge in [0.05, 0.1) is 6.61 Å². The summed E-state index contributed by atoms with van der Waals surface area (Å²) in [7, 11) is 3.40. The van der Waals surface area contributed by atoms with Gasteiger partial charge in [0, 0.05) is 39.4 Å². The summed E-state index contributed by atoms with van der Waals surface area (Å²) in [5.41, 5.74) is 4.15. The first-order chi connectivity index (χ1) is 13.7. The average molecular weight is 383 g/mol. The van der Waals surface area contributed by atoms with E-state index in [-0.39, 0.29) is 5.91 Å². The van der Waals surface area contributed by atoms with Gasteiger partial charge in [0.25, 0.3) is 5.91 Å². The summed E-state index contributed by atoms with van der Waals surface area (Å²) in [6.45, 7) is 4.71. The highest BCUT2D eigenvalue weighted by molar-refractivity contribution is 5.94. The zero-order valence-corrected chi connectivity index (χ0v) is 16.9. The van der Waals surface area contributed by atoms with Crippen LogP contribution in [0.5, 0.6) is 0 Å². The number of hydrogen-bond donors (Lipinski definition) is 3. The maximum absolute atomic E-state index is 11.7. The predicted octanol–water partition coefficient (Wildman–Crippen LogP) is 2.49. The minimum atomic E-state index is -0.0713. The quantitative estimate of drug-likeness (QED) is 0.460. The van der Waals surface area contributed by atoms with E-state index in [4.69, 9.17) is 4.74 Å². The molecule has 0 aromatic heterocycles. The number of guanidine groups is 1. The number of carbonyl (C=O) groups excluding carboxylic acids is 1. The molecular formula is C22H30N4O2. The summed E-state index contributed by atoms with van der Waals surface area (Å²) >= 11 is 0. The van der Waals surface area contributed by atoms with Gasteiger partial charge in [-0.25, -0.2) is 0 Å². The van der Waals surface area contributed by atoms with Gasteiger partial charge >= 0.3 is 0 Å². The van der Waals surface area contributed by atoms with E-state index in [1.807, 2.05) is 43.3 Å². The molecule has 0 fully saturated rings. The molecule has 0 heterocycles. The van der Waals surface area contributed by atoms with E-state index in [0.717, 1.165) is 24.5 Å². The summed E-state index contributed by atoms with van der Waals surface area (Å²) in [6.07, 6.45) is 0.798. The monoisotopic (exact) mass is 382 g/mol. The molecule has 6 heteroatoms. The second-order valence-electron chi connectivity index (χ2n) is 6.29. The van der Waals surface area contributed by atoms with E-state index in [2.05, 4.69) is 33.1 Å². The minimum absolute atomic E-state index is 0.0713. The van der Waals surface area contributed by atoms with Crippen molar-refractivity contribution in [2.75, 3.05) is 27.2 Å². The van der Waals surface area contributed by atoms with Crippen molar-refractivity contribution in [3.05, 3.63) is 70.8 Å². The molecule has 0 aliphatic heterocycles. The van der Waals surface area contributed by atoms with Gasteiger partial charge in [0.2, 0.25) is 0 Å². The van der Waals surface area contributed by atoms with E-state index in [1.54, 1.807) is 14.1 Å². The Kier molecular flexibility index (Phi) is 9.01. The van der Waals surface area contributed by atoms with Crippen LogP contribution in [0.2, 0.25) is 0 Å². The van der Waals surface area contributed by atoms with Gasteiger partial charge in [0.15, 0.2) is 5.96 Å². The second kappa shape index (κ2) is 11.8. The number of hydrogen-bond acceptors (Lipinski definition) is 3. The molecule has 2 aromatic rings. The molecule has 0 saturated carbocycles. The largest absolute Gasteiger partial charge is 0.377 e. The molecule has 0 aliphatic rings. The van der Waals surface area contributed by atoms with Gasteiger partial charge in [-0.2, -0.15) is 0 Å². The van der Waals surface area contributed by atoms with Gasteiger partial charge < -0.3 is 20.7 Å². The van der Waals surface area contributed by atoms with E-state index >= 15 is 0 Å². The number of carbonyl (C=O) groups is 1. The highest BCUT2D eigenvalue weighted by Crippen LogP contribution is 2.10. The molecule has 0 atom stereocenters. The number of ether oxygens (including phenoxy) is 1. The van der Waals surface area contributed by atoms with Gasteiger partial charge in [-0.15, -0.1) is 0 Å². The van der Waals surface area contributed by atoms with Crippen molar-refractivity contribution in [3.8, 4) is 0 Å². The molecule has 1 amide bonds. The number of rotatable bonds is 9. The predicted molar refractivity (Wildman–Crippen MR) is 114 cm³/mol. The third-order valence-electron chi connectivity index (χ3n) is 4.37. The Morgan fingerprint density at radius 2 is 1.86 bits per heavy atom. The third-order valence-corrected chi connectivity index (χ3v) is 4.37. The molecule has 28 heavy (non-hydrogen) atoms. The average Bonchev–Trinajstić information content (AvgIpc) is 2.74. The molecule has 6 nitrogen and oxygen atoms in total. The molecule has 0 bridgehead atoms. The fourth-order valence-corrected chi connectivity index (χ4v) is 2.82. The second-order valence-corrected chi connectivity index (χ2v) is 6.29. The van der Waals surface area contributed by atoms with Crippen LogP contribution in [0.3, 0.4) is 0 Å². The Morgan fingerprint density at radius 3 is 2.57 bits per heavy atom. The van der Waals surface area contributed by atoms with Gasteiger partial charge in [0.1, 0.15) is 0 Å². The van der Waals surface area contributed by atoms with Crippen LogP contribution in [0.1, 0.15) is 34.0 Å². The SMILES string of the molecule is CCOCc1ccccc1CNC(=NC)NCCc1cccc(C(=O)NC)c1. The van der Waals surface area contributed by atoms with Crippen LogP contribution in [-0.2, 0) is 24.3 Å². The number of nitrogens with one attached hydrogen (secondary N) is 3. The van der Waals surface area contributed by atoms with Gasteiger partial charge in [-0.1, -0.05) is 36.4 Å². The molecule has 0 saturated heterocycles. The zero-order chi connectivity index (χ0) is 20.2. The van der Waals surface area contributed by atoms with Crippen LogP contribution in [0.25, 0.3) is 0 Å². The molecule has 0 unspecified atom stereocenters. The number of nitrogens with zero attached hydrogens (tertiary/aromatic N) is 1. The lowest BCUT2D eigenvalue weighted by Gasteiger charge is -2.14. The molecule has 3 N–H and O–H groups in total. The van der Waals surface area contributed by atoms with Crippen LogP contribution >= 0.6 is 0 Å². The van der Waals surface area contributed by atoms with Crippen molar-refractivity contribution < 1.29 is 9.53 Å². The van der Waals surface area contributed by atoms with Crippen LogP contribution in [0, 0.1) is 0 Å². The first kappa shape index (κ1) is 21.4. The number of benzene rings is 2. The topological polar surface area (TPSA) is 74.8 Å². The van der Waals surface area contributed by atoms with Gasteiger partial charge in [-0.05, 0) is 42.2 Å². The molecule has 2 rings (SSSR count). The molecule has 0 radical (unpaired) electrons. The van der Waals surface area contributed by atoms with Crippen molar-refractivity contribution in [1.29, 1.82) is 0 Å². The summed E-state index contributed by atoms with van der Waals surface area (Å²) in [4.78, 5) is 16.0. The lowest BCUT2D eigenvalue weighted by molar-refractivity contribution is 0.0963. The van der Waals surface area contributed by atoms with Crippen molar-refractivity contribution in [2.24, 2.45) is 4.99 Å². The minimum Gasteiger partial charge on any atom is -0.377 e. The Labute approximate surface area is 167 Å². The highest BCUT2D eigenvalue weighted by atomic mass is 16.5. The summed E-state index contributed by atoms with van der Waals surface area (Å²) < 4.78 is 5.54. The fourth-order valence-electron chi connectivity index (χ4n) is 2.82. The van der Waals surface area contributed by atoms with Crippen molar-refractivity contribution in [3.63, 3.8) is 0 Å². The lowest BCUT2D eigenvalue weighted by atomic mass is 10.1. The fraction of sp³-hybridized carbons (Fsp3) is 0.364. The zero-order valence-electron chi connectivity index (χ0n) is 16.9. The van der Waals surface area contributed by atoms with E-state index in [1.165, 1.54) is 11.1 Å². The lowest BCUT2D eigenvalue weighted by Crippen LogP contribution is -2.38. The van der Waals surface area contributed by atoms with E-state index < -0.39 is 0 Å². The third kappa shape index (κ3) is 6.70. The summed E-state index contributed by atoms with van der Waals surface area (Å²) in [5.74, 6) is 0.673. The maximum atomic E-state index is 11.7. The number of aliphatic imine (C=N–C) groups is 1. The summed E-state index contributed by atoms with van der Waals surface area (Å²) in [6, 6.07) is 15.9. The smallest absolute Gasteiger partial charge is 0.251 e. The van der Waals surface area contributed by atoms with Crippen molar-refractivity contribution in [2.45, 2.75) is 26.5 Å². The van der Waals surface area contributed by atoms with Crippen molar-refractivity contribution in [1.82, 2.24) is 16.0 Å². The molecule has 0 aliphatic carbocycles. The Hall–Kier alpha value is -2.86. The van der Waals surface area contributed by atoms with Crippen LogP contribution in [-0.4, -0.2) is 39.1 Å². The van der Waals surface area contributed by atoms with E-state index in [0.29, 0.717) is 25.3 Å². The molecule has 0 spiro atoms. The van der Waals surface area contributed by atoms with Crippen LogP contribution in [0.15, 0.2) is 53.5 Å². The Morgan fingerprint density at radius 1 is 1.07 bits per heavy atom. The standard InChI is InChI=1S/C22H30N4O2/c1-4-28-16-20-10-6-5-9-19(20)15-26-22(24-3)25-13-12-17-8-7-11-18(14-17)21(27)23-2/h5-11,14H,4,12-13,15-16H2,1-3H3,(H,23,27)(H2,24,25,26). The Bertz CT molecular complexity index is 790. The van der Waals surface area contributed by atoms with Gasteiger partial charge in [-0.3, -0.25) is 9.79 Å². The normalized spacial score (nSPS) is 11.2. The highest BCUT2D eigenvalue weighted by Gasteiger charge is 2.05. The Balaban J connectivity index is 1.85. The first-order valence-corrected chi connectivity index (χ1v) is 9.58. The number of amides is 1. The molecule has 150 valence electrons. The van der Waals surface area contributed by atoms with E-state index in [9.17, 15) is 4.79 Å². The van der Waals surface area contributed by atoms with Crippen molar-refractivity contribution >= 4 is 11.9 Å². The summed E-state index contributed by atoms with van der Waals surface area (Å²) in [5, 5.41) is 9.32.